The number of aromatic nitrogens is 3. The lowest BCUT2D eigenvalue weighted by atomic mass is 9.55. The molecule has 12 rings (SSSR count). The first-order valence-corrected chi connectivity index (χ1v) is 21.4. The highest BCUT2D eigenvalue weighted by Crippen LogP contribution is 2.62. The maximum absolute atomic E-state index is 5.04. The van der Waals surface area contributed by atoms with Gasteiger partial charge in [-0.25, -0.2) is 15.0 Å². The Bertz CT molecular complexity index is 3280. The normalized spacial score (nSPS) is 13.9. The summed E-state index contributed by atoms with van der Waals surface area (Å²) in [6.45, 7) is 4.76. The topological polar surface area (TPSA) is 38.7 Å². The number of benzene rings is 9. The summed E-state index contributed by atoms with van der Waals surface area (Å²) in [5.74, 6) is 1.94. The minimum Gasteiger partial charge on any atom is -0.208 e. The van der Waals surface area contributed by atoms with E-state index in [4.69, 9.17) is 15.0 Å². The average Bonchev–Trinajstić information content (AvgIpc) is 3.63. The number of fused-ring (bicyclic) bond motifs is 10. The fourth-order valence-electron chi connectivity index (χ4n) is 10.6. The summed E-state index contributed by atoms with van der Waals surface area (Å²) in [6.07, 6.45) is 0. The molecular weight excluding hydrogens is 751 g/mol. The van der Waals surface area contributed by atoms with Crippen molar-refractivity contribution in [3.05, 3.63) is 246 Å². The van der Waals surface area contributed by atoms with Gasteiger partial charge in [0.15, 0.2) is 17.5 Å². The molecule has 0 bridgehead atoms. The van der Waals surface area contributed by atoms with E-state index in [9.17, 15) is 0 Å². The molecule has 0 N–H and O–H groups in total. The van der Waals surface area contributed by atoms with Crippen LogP contribution in [-0.4, -0.2) is 15.0 Å². The van der Waals surface area contributed by atoms with Crippen molar-refractivity contribution in [3.8, 4) is 67.5 Å². The van der Waals surface area contributed by atoms with Gasteiger partial charge in [-0.05, 0) is 89.7 Å². The zero-order valence-corrected chi connectivity index (χ0v) is 34.5. The predicted molar refractivity (Wildman–Crippen MR) is 254 cm³/mol. The van der Waals surface area contributed by atoms with Gasteiger partial charge in [0.05, 0.1) is 5.41 Å². The van der Waals surface area contributed by atoms with Crippen LogP contribution in [0.1, 0.15) is 47.2 Å². The molecule has 9 aromatic carbocycles. The Labute approximate surface area is 362 Å². The van der Waals surface area contributed by atoms with Gasteiger partial charge in [-0.2, -0.15) is 0 Å². The molecule has 1 aromatic heterocycles. The highest BCUT2D eigenvalue weighted by atomic mass is 15.0. The SMILES string of the molecule is CC1(C)c2ccccc2C2(c3ccccc3-c3ccc(-c4cccc5c(-c6cccc(-c7nc(-c8ccccc8)nc(-c8ccccc8)n7)c6)cccc45)cc32)c2ccccc21. The lowest BCUT2D eigenvalue weighted by molar-refractivity contribution is 0.563. The lowest BCUT2D eigenvalue weighted by Gasteiger charge is -2.46. The second kappa shape index (κ2) is 13.9. The van der Waals surface area contributed by atoms with Gasteiger partial charge in [0, 0.05) is 22.1 Å². The molecular formula is C59H41N3. The number of rotatable bonds is 5. The van der Waals surface area contributed by atoms with Crippen molar-refractivity contribution in [2.24, 2.45) is 0 Å². The average molecular weight is 792 g/mol. The number of hydrogen-bond donors (Lipinski definition) is 0. The Morgan fingerprint density at radius 3 is 1.26 bits per heavy atom. The largest absolute Gasteiger partial charge is 0.208 e. The van der Waals surface area contributed by atoms with Crippen molar-refractivity contribution in [3.63, 3.8) is 0 Å². The molecule has 0 saturated carbocycles. The quantitative estimate of drug-likeness (QED) is 0.174. The molecule has 2 aliphatic rings. The van der Waals surface area contributed by atoms with E-state index in [-0.39, 0.29) is 5.41 Å². The van der Waals surface area contributed by atoms with Crippen LogP contribution < -0.4 is 0 Å². The third kappa shape index (κ3) is 5.34. The van der Waals surface area contributed by atoms with Crippen molar-refractivity contribution in [2.45, 2.75) is 24.7 Å². The standard InChI is InChI=1S/C59H41N3/c1-58(2)50-30-11-13-32-52(50)59(53-33-14-12-31-51(53)58)49-29-10-9-24-47(49)48-35-34-41(37-54(48)59)44-26-17-27-45-43(25-16-28-46(44)45)40-22-15-23-42(36-40)57-61-55(38-18-5-3-6-19-38)60-56(62-57)39-20-7-4-8-21-39/h3-37H,1-2H3. The van der Waals surface area contributed by atoms with E-state index in [0.717, 1.165) is 27.8 Å². The molecule has 0 amide bonds. The molecule has 0 atom stereocenters. The van der Waals surface area contributed by atoms with E-state index in [1.54, 1.807) is 0 Å². The van der Waals surface area contributed by atoms with Crippen LogP contribution in [0, 0.1) is 0 Å². The zero-order valence-electron chi connectivity index (χ0n) is 34.5. The van der Waals surface area contributed by atoms with Crippen LogP contribution in [0.5, 0.6) is 0 Å². The zero-order chi connectivity index (χ0) is 41.4. The van der Waals surface area contributed by atoms with Crippen molar-refractivity contribution in [2.75, 3.05) is 0 Å². The summed E-state index contributed by atoms with van der Waals surface area (Å²) in [7, 11) is 0. The van der Waals surface area contributed by atoms with Gasteiger partial charge in [-0.15, -0.1) is 0 Å². The molecule has 292 valence electrons. The molecule has 1 heterocycles. The third-order valence-electron chi connectivity index (χ3n) is 13.4. The molecule has 0 saturated heterocycles. The van der Waals surface area contributed by atoms with Gasteiger partial charge in [0.1, 0.15) is 0 Å². The Hall–Kier alpha value is -7.75. The minimum atomic E-state index is -0.448. The van der Waals surface area contributed by atoms with Crippen LogP contribution >= 0.6 is 0 Å². The van der Waals surface area contributed by atoms with Gasteiger partial charge < -0.3 is 0 Å². The van der Waals surface area contributed by atoms with Crippen molar-refractivity contribution in [1.29, 1.82) is 0 Å². The summed E-state index contributed by atoms with van der Waals surface area (Å²) in [4.78, 5) is 15.0. The molecule has 0 radical (unpaired) electrons. The van der Waals surface area contributed by atoms with Crippen LogP contribution in [0.15, 0.2) is 212 Å². The van der Waals surface area contributed by atoms with E-state index >= 15 is 0 Å². The molecule has 62 heavy (non-hydrogen) atoms. The van der Waals surface area contributed by atoms with Crippen molar-refractivity contribution in [1.82, 2.24) is 15.0 Å². The summed E-state index contributed by atoms with van der Waals surface area (Å²) in [5.41, 5.74) is 17.8. The second-order valence-corrected chi connectivity index (χ2v) is 17.1. The molecule has 3 nitrogen and oxygen atoms in total. The lowest BCUT2D eigenvalue weighted by Crippen LogP contribution is -2.40. The van der Waals surface area contributed by atoms with Crippen LogP contribution in [0.3, 0.4) is 0 Å². The molecule has 0 fully saturated rings. The van der Waals surface area contributed by atoms with Gasteiger partial charge in [-0.1, -0.05) is 214 Å². The fourth-order valence-corrected chi connectivity index (χ4v) is 10.6. The highest BCUT2D eigenvalue weighted by molar-refractivity contribution is 6.05. The molecule has 10 aromatic rings. The van der Waals surface area contributed by atoms with Gasteiger partial charge >= 0.3 is 0 Å². The second-order valence-electron chi connectivity index (χ2n) is 17.1. The number of nitrogens with zero attached hydrogens (tertiary/aromatic N) is 3. The van der Waals surface area contributed by atoms with Crippen LogP contribution in [0.25, 0.3) is 78.3 Å². The minimum absolute atomic E-state index is 0.144. The Balaban J connectivity index is 1.01. The summed E-state index contributed by atoms with van der Waals surface area (Å²) in [6, 6.07) is 77.0. The summed E-state index contributed by atoms with van der Waals surface area (Å²) in [5, 5.41) is 2.41. The smallest absolute Gasteiger partial charge is 0.164 e. The van der Waals surface area contributed by atoms with Crippen LogP contribution in [0.2, 0.25) is 0 Å². The first-order valence-electron chi connectivity index (χ1n) is 21.4. The van der Waals surface area contributed by atoms with E-state index < -0.39 is 5.41 Å². The molecule has 0 aliphatic heterocycles. The molecule has 2 aliphatic carbocycles. The van der Waals surface area contributed by atoms with Crippen LogP contribution in [-0.2, 0) is 10.8 Å². The maximum Gasteiger partial charge on any atom is 0.164 e. The first-order chi connectivity index (χ1) is 30.5. The van der Waals surface area contributed by atoms with Crippen molar-refractivity contribution >= 4 is 10.8 Å². The van der Waals surface area contributed by atoms with Gasteiger partial charge in [0.2, 0.25) is 0 Å². The predicted octanol–water partition coefficient (Wildman–Crippen LogP) is 14.4. The molecule has 1 spiro atoms. The fraction of sp³-hybridized carbons (Fsp3) is 0.0678. The van der Waals surface area contributed by atoms with E-state index in [1.807, 2.05) is 60.7 Å². The Morgan fingerprint density at radius 1 is 0.274 bits per heavy atom. The first kappa shape index (κ1) is 36.1. The molecule has 3 heteroatoms. The van der Waals surface area contributed by atoms with Gasteiger partial charge in [-0.3, -0.25) is 0 Å². The Kier molecular flexibility index (Phi) is 8.10. The monoisotopic (exact) mass is 791 g/mol. The number of hydrogen-bond acceptors (Lipinski definition) is 3. The Morgan fingerprint density at radius 2 is 0.677 bits per heavy atom. The summed E-state index contributed by atoms with van der Waals surface area (Å²) < 4.78 is 0. The van der Waals surface area contributed by atoms with Crippen LogP contribution in [0.4, 0.5) is 0 Å². The van der Waals surface area contributed by atoms with E-state index in [2.05, 4.69) is 166 Å². The molecule has 0 unspecified atom stereocenters. The highest BCUT2D eigenvalue weighted by Gasteiger charge is 2.53. The van der Waals surface area contributed by atoms with Crippen molar-refractivity contribution < 1.29 is 0 Å². The summed E-state index contributed by atoms with van der Waals surface area (Å²) >= 11 is 0. The van der Waals surface area contributed by atoms with E-state index in [1.165, 1.54) is 66.4 Å². The maximum atomic E-state index is 5.04. The van der Waals surface area contributed by atoms with E-state index in [0.29, 0.717) is 17.5 Å². The third-order valence-corrected chi connectivity index (χ3v) is 13.4. The van der Waals surface area contributed by atoms with Gasteiger partial charge in [0.25, 0.3) is 0 Å².